The van der Waals surface area contributed by atoms with E-state index in [2.05, 4.69) is 46.4 Å². The highest BCUT2D eigenvalue weighted by molar-refractivity contribution is 7.98. The SMILES string of the molecule is C=C(C)CN=C(N)NCCCSCc1csc(C(C)NCC)n1. The maximum Gasteiger partial charge on any atom is 0.188 e. The molecule has 1 atom stereocenters. The quantitative estimate of drug-likeness (QED) is 0.246. The van der Waals surface area contributed by atoms with Gasteiger partial charge < -0.3 is 16.4 Å². The van der Waals surface area contributed by atoms with Crippen molar-refractivity contribution in [1.29, 1.82) is 0 Å². The molecule has 0 radical (unpaired) electrons. The average molecular weight is 356 g/mol. The molecule has 0 amide bonds. The lowest BCUT2D eigenvalue weighted by Gasteiger charge is -2.07. The smallest absolute Gasteiger partial charge is 0.188 e. The van der Waals surface area contributed by atoms with E-state index >= 15 is 0 Å². The van der Waals surface area contributed by atoms with E-state index in [1.54, 1.807) is 11.3 Å². The summed E-state index contributed by atoms with van der Waals surface area (Å²) in [6.45, 7) is 12.4. The van der Waals surface area contributed by atoms with Crippen LogP contribution in [0.4, 0.5) is 0 Å². The van der Waals surface area contributed by atoms with Crippen molar-refractivity contribution in [2.45, 2.75) is 39.0 Å². The predicted molar refractivity (Wildman–Crippen MR) is 104 cm³/mol. The average Bonchev–Trinajstić information content (AvgIpc) is 2.98. The third-order valence-corrected chi connectivity index (χ3v) is 5.14. The Kier molecular flexibility index (Phi) is 9.98. The molecule has 0 bridgehead atoms. The number of thioether (sulfide) groups is 1. The topological polar surface area (TPSA) is 75.3 Å². The number of hydrogen-bond donors (Lipinski definition) is 3. The Morgan fingerprint density at radius 3 is 3.04 bits per heavy atom. The van der Waals surface area contributed by atoms with Gasteiger partial charge in [-0.1, -0.05) is 19.1 Å². The van der Waals surface area contributed by atoms with Crippen LogP contribution in [0.15, 0.2) is 22.5 Å². The van der Waals surface area contributed by atoms with Crippen LogP contribution in [-0.2, 0) is 5.75 Å². The second-order valence-corrected chi connectivity index (χ2v) is 7.44. The lowest BCUT2D eigenvalue weighted by molar-refractivity contribution is 0.594. The molecule has 0 fully saturated rings. The highest BCUT2D eigenvalue weighted by Crippen LogP contribution is 2.21. The van der Waals surface area contributed by atoms with Crippen LogP contribution >= 0.6 is 23.1 Å². The van der Waals surface area contributed by atoms with E-state index in [1.807, 2.05) is 18.7 Å². The zero-order chi connectivity index (χ0) is 17.1. The van der Waals surface area contributed by atoms with Crippen molar-refractivity contribution in [3.8, 4) is 0 Å². The Bertz CT molecular complexity index is 498. The van der Waals surface area contributed by atoms with Crippen molar-refractivity contribution in [3.05, 3.63) is 28.2 Å². The van der Waals surface area contributed by atoms with Crippen molar-refractivity contribution in [1.82, 2.24) is 15.6 Å². The van der Waals surface area contributed by atoms with Gasteiger partial charge in [-0.15, -0.1) is 11.3 Å². The molecule has 0 aliphatic rings. The summed E-state index contributed by atoms with van der Waals surface area (Å²) >= 11 is 3.64. The van der Waals surface area contributed by atoms with Crippen molar-refractivity contribution in [3.63, 3.8) is 0 Å². The van der Waals surface area contributed by atoms with Gasteiger partial charge in [0, 0.05) is 17.7 Å². The second-order valence-electron chi connectivity index (χ2n) is 5.45. The third kappa shape index (κ3) is 8.98. The number of aliphatic imine (C=N–C) groups is 1. The van der Waals surface area contributed by atoms with E-state index in [4.69, 9.17) is 5.73 Å². The molecule has 0 spiro atoms. The number of nitrogens with one attached hydrogen (secondary N) is 2. The minimum absolute atomic E-state index is 0.342. The Morgan fingerprint density at radius 2 is 2.35 bits per heavy atom. The summed E-state index contributed by atoms with van der Waals surface area (Å²) in [7, 11) is 0. The van der Waals surface area contributed by atoms with E-state index in [0.29, 0.717) is 18.5 Å². The summed E-state index contributed by atoms with van der Waals surface area (Å²) in [5.74, 6) is 2.55. The third-order valence-electron chi connectivity index (χ3n) is 2.99. The molecule has 0 aliphatic carbocycles. The fourth-order valence-corrected chi connectivity index (χ4v) is 3.63. The van der Waals surface area contributed by atoms with Crippen molar-refractivity contribution in [2.75, 3.05) is 25.4 Å². The molecule has 130 valence electrons. The fraction of sp³-hybridized carbons (Fsp3) is 0.625. The van der Waals surface area contributed by atoms with Gasteiger partial charge >= 0.3 is 0 Å². The van der Waals surface area contributed by atoms with Gasteiger partial charge in [-0.25, -0.2) is 9.98 Å². The van der Waals surface area contributed by atoms with Crippen LogP contribution in [0.3, 0.4) is 0 Å². The monoisotopic (exact) mass is 355 g/mol. The van der Waals surface area contributed by atoms with Crippen LogP contribution in [0.25, 0.3) is 0 Å². The van der Waals surface area contributed by atoms with E-state index in [0.717, 1.165) is 36.6 Å². The summed E-state index contributed by atoms with van der Waals surface area (Å²) < 4.78 is 0. The van der Waals surface area contributed by atoms with Crippen LogP contribution in [0, 0.1) is 0 Å². The molecular weight excluding hydrogens is 326 g/mol. The fourth-order valence-electron chi connectivity index (χ4n) is 1.82. The molecule has 1 rings (SSSR count). The molecule has 1 unspecified atom stereocenters. The lowest BCUT2D eigenvalue weighted by atomic mass is 10.3. The number of hydrogen-bond acceptors (Lipinski definition) is 5. The summed E-state index contributed by atoms with van der Waals surface area (Å²) in [6, 6.07) is 0.342. The van der Waals surface area contributed by atoms with Gasteiger partial charge in [0.2, 0.25) is 0 Å². The number of thiazole rings is 1. The minimum Gasteiger partial charge on any atom is -0.370 e. The first-order valence-corrected chi connectivity index (χ1v) is 10.00. The molecule has 1 aromatic rings. The van der Waals surface area contributed by atoms with Gasteiger partial charge in [-0.2, -0.15) is 11.8 Å². The molecule has 0 saturated carbocycles. The summed E-state index contributed by atoms with van der Waals surface area (Å²) in [5.41, 5.74) is 7.95. The number of guanidine groups is 1. The highest BCUT2D eigenvalue weighted by atomic mass is 32.2. The van der Waals surface area contributed by atoms with Gasteiger partial charge in [0.1, 0.15) is 5.01 Å². The number of rotatable bonds is 11. The first-order valence-electron chi connectivity index (χ1n) is 7.96. The Balaban J connectivity index is 2.13. The summed E-state index contributed by atoms with van der Waals surface area (Å²) in [6.07, 6.45) is 1.05. The van der Waals surface area contributed by atoms with Crippen molar-refractivity contribution >= 4 is 29.1 Å². The molecule has 0 saturated heterocycles. The molecular formula is C16H29N5S2. The first kappa shape index (κ1) is 20.0. The Hall–Kier alpha value is -1.05. The molecule has 5 nitrogen and oxygen atoms in total. The molecule has 1 aromatic heterocycles. The normalized spacial score (nSPS) is 13.1. The first-order chi connectivity index (χ1) is 11.0. The number of nitrogens with zero attached hydrogens (tertiary/aromatic N) is 2. The molecule has 1 heterocycles. The summed E-state index contributed by atoms with van der Waals surface area (Å²) in [4.78, 5) is 8.87. The van der Waals surface area contributed by atoms with Gasteiger partial charge in [0.25, 0.3) is 0 Å². The lowest BCUT2D eigenvalue weighted by Crippen LogP contribution is -2.32. The molecule has 23 heavy (non-hydrogen) atoms. The van der Waals surface area contributed by atoms with Gasteiger partial charge in [-0.3, -0.25) is 0 Å². The Labute approximate surface area is 148 Å². The van der Waals surface area contributed by atoms with Crippen LogP contribution < -0.4 is 16.4 Å². The van der Waals surface area contributed by atoms with E-state index < -0.39 is 0 Å². The number of nitrogens with two attached hydrogens (primary N) is 1. The van der Waals surface area contributed by atoms with Crippen molar-refractivity contribution < 1.29 is 0 Å². The number of aromatic nitrogens is 1. The van der Waals surface area contributed by atoms with Gasteiger partial charge in [0.15, 0.2) is 5.96 Å². The van der Waals surface area contributed by atoms with Crippen LogP contribution in [0.1, 0.15) is 43.9 Å². The van der Waals surface area contributed by atoms with E-state index in [1.165, 1.54) is 10.7 Å². The molecule has 7 heteroatoms. The largest absolute Gasteiger partial charge is 0.370 e. The highest BCUT2D eigenvalue weighted by Gasteiger charge is 2.08. The van der Waals surface area contributed by atoms with E-state index in [-0.39, 0.29) is 0 Å². The van der Waals surface area contributed by atoms with Crippen LogP contribution in [0.2, 0.25) is 0 Å². The van der Waals surface area contributed by atoms with Gasteiger partial charge in [0.05, 0.1) is 18.3 Å². The summed E-state index contributed by atoms with van der Waals surface area (Å²) in [5, 5.41) is 9.85. The van der Waals surface area contributed by atoms with Crippen molar-refractivity contribution in [2.24, 2.45) is 10.7 Å². The maximum atomic E-state index is 5.76. The Morgan fingerprint density at radius 1 is 1.57 bits per heavy atom. The van der Waals surface area contributed by atoms with Crippen LogP contribution in [0.5, 0.6) is 0 Å². The minimum atomic E-state index is 0.342. The predicted octanol–water partition coefficient (Wildman–Crippen LogP) is 2.92. The van der Waals surface area contributed by atoms with E-state index in [9.17, 15) is 0 Å². The molecule has 0 aliphatic heterocycles. The maximum absolute atomic E-state index is 5.76. The van der Waals surface area contributed by atoms with Crippen LogP contribution in [-0.4, -0.2) is 36.3 Å². The van der Waals surface area contributed by atoms with Gasteiger partial charge in [-0.05, 0) is 32.6 Å². The second kappa shape index (κ2) is 11.5. The standard InChI is InChI=1S/C16H29N5S2/c1-5-18-13(4)15-21-14(11-23-15)10-22-8-6-7-19-16(17)20-9-12(2)3/h11,13,18H,2,5-10H2,1,3-4H3,(H3,17,19,20). The molecule has 4 N–H and O–H groups in total. The zero-order valence-electron chi connectivity index (χ0n) is 14.4. The zero-order valence-corrected chi connectivity index (χ0v) is 16.0. The molecule has 0 aromatic carbocycles.